The zero-order chi connectivity index (χ0) is 18.4. The Hall–Kier alpha value is -2.58. The standard InChI is InChI=1S/C17H20N2O5S/c1-3-23-14-6-8-15(9-7-14)24-11-17(20)19-13-5-4-12(2)16(10-13)25(18,21)22/h4-10H,3,11H2,1-2H3,(H,19,20)(H2,18,21,22). The van der Waals surface area contributed by atoms with Gasteiger partial charge in [0.05, 0.1) is 11.5 Å². The molecule has 0 heterocycles. The molecule has 0 radical (unpaired) electrons. The molecule has 0 unspecified atom stereocenters. The second-order valence-electron chi connectivity index (χ2n) is 5.27. The van der Waals surface area contributed by atoms with Crippen molar-refractivity contribution in [2.24, 2.45) is 5.14 Å². The van der Waals surface area contributed by atoms with E-state index in [2.05, 4.69) is 5.32 Å². The second-order valence-corrected chi connectivity index (χ2v) is 6.80. The van der Waals surface area contributed by atoms with Crippen LogP contribution in [0.3, 0.4) is 0 Å². The molecule has 2 aromatic carbocycles. The van der Waals surface area contributed by atoms with Crippen molar-refractivity contribution in [2.75, 3.05) is 18.5 Å². The lowest BCUT2D eigenvalue weighted by molar-refractivity contribution is -0.118. The largest absolute Gasteiger partial charge is 0.494 e. The lowest BCUT2D eigenvalue weighted by atomic mass is 10.2. The molecule has 0 saturated heterocycles. The first-order valence-corrected chi connectivity index (χ1v) is 9.13. The molecular weight excluding hydrogens is 344 g/mol. The van der Waals surface area contributed by atoms with Gasteiger partial charge in [0.1, 0.15) is 11.5 Å². The van der Waals surface area contributed by atoms with E-state index < -0.39 is 15.9 Å². The Balaban J connectivity index is 1.96. The van der Waals surface area contributed by atoms with E-state index in [1.165, 1.54) is 6.07 Å². The first kappa shape index (κ1) is 18.8. The van der Waals surface area contributed by atoms with E-state index in [4.69, 9.17) is 14.6 Å². The maximum absolute atomic E-state index is 12.0. The number of primary sulfonamides is 1. The van der Waals surface area contributed by atoms with Crippen molar-refractivity contribution >= 4 is 21.6 Å². The molecule has 0 spiro atoms. The van der Waals surface area contributed by atoms with Crippen LogP contribution in [0.15, 0.2) is 47.4 Å². The monoisotopic (exact) mass is 364 g/mol. The van der Waals surface area contributed by atoms with Crippen LogP contribution in [0.2, 0.25) is 0 Å². The van der Waals surface area contributed by atoms with Crippen LogP contribution in [0.5, 0.6) is 11.5 Å². The first-order valence-electron chi connectivity index (χ1n) is 7.58. The predicted octanol–water partition coefficient (Wildman–Crippen LogP) is 2.06. The number of hydrogen-bond donors (Lipinski definition) is 2. The Morgan fingerprint density at radius 1 is 1.08 bits per heavy atom. The number of hydrogen-bond acceptors (Lipinski definition) is 5. The molecule has 0 fully saturated rings. The quantitative estimate of drug-likeness (QED) is 0.782. The van der Waals surface area contributed by atoms with E-state index in [9.17, 15) is 13.2 Å². The van der Waals surface area contributed by atoms with Crippen LogP contribution >= 0.6 is 0 Å². The number of carbonyl (C=O) groups excluding carboxylic acids is 1. The predicted molar refractivity (Wildman–Crippen MR) is 94.3 cm³/mol. The fourth-order valence-electron chi connectivity index (χ4n) is 2.13. The zero-order valence-corrected chi connectivity index (χ0v) is 14.8. The summed E-state index contributed by atoms with van der Waals surface area (Å²) in [5.41, 5.74) is 0.834. The molecule has 0 aliphatic rings. The zero-order valence-electron chi connectivity index (χ0n) is 14.0. The third-order valence-electron chi connectivity index (χ3n) is 3.28. The highest BCUT2D eigenvalue weighted by Crippen LogP contribution is 2.20. The maximum atomic E-state index is 12.0. The minimum absolute atomic E-state index is 0.0299. The third-order valence-corrected chi connectivity index (χ3v) is 4.34. The lowest BCUT2D eigenvalue weighted by Gasteiger charge is -2.10. The van der Waals surface area contributed by atoms with Gasteiger partial charge >= 0.3 is 0 Å². The molecule has 0 atom stereocenters. The van der Waals surface area contributed by atoms with Gasteiger partial charge in [-0.15, -0.1) is 0 Å². The summed E-state index contributed by atoms with van der Waals surface area (Å²) in [4.78, 5) is 11.9. The number of aryl methyl sites for hydroxylation is 1. The van der Waals surface area contributed by atoms with Gasteiger partial charge in [-0.25, -0.2) is 13.6 Å². The molecule has 0 aliphatic carbocycles. The number of nitrogens with one attached hydrogen (secondary N) is 1. The Kier molecular flexibility index (Phi) is 6.00. The summed E-state index contributed by atoms with van der Waals surface area (Å²) in [7, 11) is -3.85. The summed E-state index contributed by atoms with van der Waals surface area (Å²) >= 11 is 0. The number of nitrogens with two attached hydrogens (primary N) is 1. The minimum Gasteiger partial charge on any atom is -0.494 e. The van der Waals surface area contributed by atoms with Crippen molar-refractivity contribution in [3.63, 3.8) is 0 Å². The molecule has 0 aliphatic heterocycles. The van der Waals surface area contributed by atoms with Gasteiger partial charge in [0, 0.05) is 5.69 Å². The summed E-state index contributed by atoms with van der Waals surface area (Å²) in [6, 6.07) is 11.4. The number of ether oxygens (including phenoxy) is 2. The number of carbonyl (C=O) groups is 1. The van der Waals surface area contributed by atoms with Crippen LogP contribution in [-0.2, 0) is 14.8 Å². The van der Waals surface area contributed by atoms with E-state index in [-0.39, 0.29) is 11.5 Å². The highest BCUT2D eigenvalue weighted by atomic mass is 32.2. The summed E-state index contributed by atoms with van der Waals surface area (Å²) in [5.74, 6) is 0.820. The van der Waals surface area contributed by atoms with Crippen LogP contribution in [0.1, 0.15) is 12.5 Å². The van der Waals surface area contributed by atoms with Gasteiger partial charge < -0.3 is 14.8 Å². The number of anilines is 1. The highest BCUT2D eigenvalue weighted by molar-refractivity contribution is 7.89. The summed E-state index contributed by atoms with van der Waals surface area (Å²) in [5, 5.41) is 7.73. The Labute approximate surface area is 146 Å². The van der Waals surface area contributed by atoms with E-state index in [1.807, 2.05) is 6.92 Å². The minimum atomic E-state index is -3.85. The smallest absolute Gasteiger partial charge is 0.262 e. The molecule has 2 aromatic rings. The molecule has 0 saturated carbocycles. The van der Waals surface area contributed by atoms with Crippen LogP contribution in [0.25, 0.3) is 0 Å². The fraction of sp³-hybridized carbons (Fsp3) is 0.235. The van der Waals surface area contributed by atoms with Crippen molar-refractivity contribution in [1.82, 2.24) is 0 Å². The van der Waals surface area contributed by atoms with Gasteiger partial charge in [-0.05, 0) is 55.8 Å². The second kappa shape index (κ2) is 8.00. The van der Waals surface area contributed by atoms with E-state index in [0.717, 1.165) is 5.75 Å². The van der Waals surface area contributed by atoms with Gasteiger partial charge in [-0.3, -0.25) is 4.79 Å². The molecule has 3 N–H and O–H groups in total. The normalized spacial score (nSPS) is 11.0. The Bertz CT molecular complexity index is 848. The summed E-state index contributed by atoms with van der Waals surface area (Å²) in [6.07, 6.45) is 0. The lowest BCUT2D eigenvalue weighted by Crippen LogP contribution is -2.21. The van der Waals surface area contributed by atoms with Gasteiger partial charge in [-0.2, -0.15) is 0 Å². The number of benzene rings is 2. The van der Waals surface area contributed by atoms with Crippen molar-refractivity contribution in [3.05, 3.63) is 48.0 Å². The van der Waals surface area contributed by atoms with E-state index in [1.54, 1.807) is 43.3 Å². The number of amides is 1. The highest BCUT2D eigenvalue weighted by Gasteiger charge is 2.13. The molecule has 1 amide bonds. The van der Waals surface area contributed by atoms with Crippen LogP contribution in [-0.4, -0.2) is 27.5 Å². The van der Waals surface area contributed by atoms with Gasteiger partial charge in [-0.1, -0.05) is 6.07 Å². The number of rotatable bonds is 7. The van der Waals surface area contributed by atoms with Crippen molar-refractivity contribution in [1.29, 1.82) is 0 Å². The van der Waals surface area contributed by atoms with Crippen LogP contribution < -0.4 is 19.9 Å². The van der Waals surface area contributed by atoms with Crippen LogP contribution in [0, 0.1) is 6.92 Å². The number of sulfonamides is 1. The van der Waals surface area contributed by atoms with Crippen LogP contribution in [0.4, 0.5) is 5.69 Å². The fourth-order valence-corrected chi connectivity index (χ4v) is 2.94. The van der Waals surface area contributed by atoms with Gasteiger partial charge in [0.15, 0.2) is 6.61 Å². The molecule has 134 valence electrons. The molecule has 7 nitrogen and oxygen atoms in total. The van der Waals surface area contributed by atoms with Crippen molar-refractivity contribution < 1.29 is 22.7 Å². The average molecular weight is 364 g/mol. The van der Waals surface area contributed by atoms with Gasteiger partial charge in [0.2, 0.25) is 10.0 Å². The molecule has 2 rings (SSSR count). The Morgan fingerprint density at radius 2 is 1.68 bits per heavy atom. The third kappa shape index (κ3) is 5.47. The van der Waals surface area contributed by atoms with E-state index >= 15 is 0 Å². The molecule has 25 heavy (non-hydrogen) atoms. The Morgan fingerprint density at radius 3 is 2.24 bits per heavy atom. The SMILES string of the molecule is CCOc1ccc(OCC(=O)Nc2ccc(C)c(S(N)(=O)=O)c2)cc1. The topological polar surface area (TPSA) is 108 Å². The van der Waals surface area contributed by atoms with Gasteiger partial charge in [0.25, 0.3) is 5.91 Å². The molecule has 0 bridgehead atoms. The maximum Gasteiger partial charge on any atom is 0.262 e. The summed E-state index contributed by atoms with van der Waals surface area (Å²) in [6.45, 7) is 3.87. The van der Waals surface area contributed by atoms with Crippen molar-refractivity contribution in [3.8, 4) is 11.5 Å². The molecule has 8 heteroatoms. The summed E-state index contributed by atoms with van der Waals surface area (Å²) < 4.78 is 33.7. The molecule has 0 aromatic heterocycles. The molecular formula is C17H20N2O5S. The van der Waals surface area contributed by atoms with E-state index in [0.29, 0.717) is 23.6 Å². The van der Waals surface area contributed by atoms with Crippen molar-refractivity contribution in [2.45, 2.75) is 18.7 Å². The average Bonchev–Trinajstić information content (AvgIpc) is 2.55. The first-order chi connectivity index (χ1) is 11.8.